The maximum atomic E-state index is 12.5. The first-order valence-electron chi connectivity index (χ1n) is 11.9. The second kappa shape index (κ2) is 14.4. The zero-order valence-corrected chi connectivity index (χ0v) is 20.6. The minimum absolute atomic E-state index is 0.00395. The Hall–Kier alpha value is -2.98. The Balaban J connectivity index is 0.000000317. The number of likely N-dealkylation sites (tertiary alicyclic amines) is 1. The fourth-order valence-corrected chi connectivity index (χ4v) is 4.29. The predicted molar refractivity (Wildman–Crippen MR) is 120 cm³/mol. The van der Waals surface area contributed by atoms with Crippen molar-refractivity contribution in [3.63, 3.8) is 0 Å². The molecule has 220 valence electrons. The van der Waals surface area contributed by atoms with Gasteiger partial charge < -0.3 is 25.0 Å². The van der Waals surface area contributed by atoms with E-state index < -0.39 is 24.3 Å². The minimum atomic E-state index is -5.08. The molecule has 0 bridgehead atoms. The summed E-state index contributed by atoms with van der Waals surface area (Å²) in [6.07, 6.45) is -2.58. The van der Waals surface area contributed by atoms with Crippen molar-refractivity contribution in [1.29, 1.82) is 0 Å². The molecule has 0 radical (unpaired) electrons. The number of carbonyl (C=O) groups is 3. The monoisotopic (exact) mass is 573 g/mol. The van der Waals surface area contributed by atoms with Crippen molar-refractivity contribution in [3.8, 4) is 0 Å². The van der Waals surface area contributed by atoms with Crippen LogP contribution in [0.4, 0.5) is 26.3 Å². The highest BCUT2D eigenvalue weighted by Crippen LogP contribution is 2.34. The largest absolute Gasteiger partial charge is 0.490 e. The molecule has 3 aliphatic rings. The fourth-order valence-electron chi connectivity index (χ4n) is 4.29. The zero-order valence-electron chi connectivity index (χ0n) is 20.6. The number of alkyl halides is 6. The Morgan fingerprint density at radius 1 is 1.03 bits per heavy atom. The minimum Gasteiger partial charge on any atom is -0.475 e. The molecule has 0 spiro atoms. The van der Waals surface area contributed by atoms with Crippen molar-refractivity contribution in [2.75, 3.05) is 26.3 Å². The number of halogens is 6. The highest BCUT2D eigenvalue weighted by atomic mass is 19.4. The van der Waals surface area contributed by atoms with Crippen LogP contribution in [-0.2, 0) is 30.4 Å². The molecule has 4 rings (SSSR count). The molecular weight excluding hydrogens is 544 g/mol. The van der Waals surface area contributed by atoms with Gasteiger partial charge in [0.1, 0.15) is 6.10 Å². The summed E-state index contributed by atoms with van der Waals surface area (Å²) in [4.78, 5) is 36.9. The number of nitrogens with one attached hydrogen (secondary N) is 1. The van der Waals surface area contributed by atoms with Crippen molar-refractivity contribution in [3.05, 3.63) is 30.1 Å². The van der Waals surface area contributed by atoms with Gasteiger partial charge in [-0.3, -0.25) is 14.7 Å². The van der Waals surface area contributed by atoms with Gasteiger partial charge in [0.15, 0.2) is 0 Å². The average molecular weight is 573 g/mol. The van der Waals surface area contributed by atoms with Crippen LogP contribution < -0.4 is 5.32 Å². The topological polar surface area (TPSA) is 138 Å². The zero-order chi connectivity index (χ0) is 29.2. The molecule has 3 atom stereocenters. The molecule has 39 heavy (non-hydrogen) atoms. The molecule has 0 unspecified atom stereocenters. The summed E-state index contributed by atoms with van der Waals surface area (Å²) in [6, 6.07) is 4.25. The van der Waals surface area contributed by atoms with E-state index in [0.717, 1.165) is 63.5 Å². The smallest absolute Gasteiger partial charge is 0.475 e. The maximum absolute atomic E-state index is 12.5. The number of carboxylic acids is 2. The number of nitrogens with zero attached hydrogens (tertiary/aromatic N) is 2. The number of carbonyl (C=O) groups excluding carboxylic acids is 1. The molecule has 4 heterocycles. The second-order valence-electron chi connectivity index (χ2n) is 8.99. The van der Waals surface area contributed by atoms with E-state index in [1.54, 1.807) is 12.4 Å². The number of pyridine rings is 1. The lowest BCUT2D eigenvalue weighted by molar-refractivity contribution is -0.193. The van der Waals surface area contributed by atoms with Gasteiger partial charge in [0.05, 0.1) is 6.10 Å². The van der Waals surface area contributed by atoms with Crippen molar-refractivity contribution in [2.24, 2.45) is 5.92 Å². The third kappa shape index (κ3) is 11.0. The quantitative estimate of drug-likeness (QED) is 0.454. The Kier molecular flexibility index (Phi) is 11.9. The number of carboxylic acid groups (broad SMARTS) is 2. The van der Waals surface area contributed by atoms with Gasteiger partial charge in [0.25, 0.3) is 0 Å². The average Bonchev–Trinajstić information content (AvgIpc) is 3.45. The Bertz CT molecular complexity index is 918. The van der Waals surface area contributed by atoms with Gasteiger partial charge in [-0.1, -0.05) is 6.07 Å². The maximum Gasteiger partial charge on any atom is 0.490 e. The van der Waals surface area contributed by atoms with E-state index in [4.69, 9.17) is 29.3 Å². The van der Waals surface area contributed by atoms with Crippen LogP contribution in [0.2, 0.25) is 0 Å². The van der Waals surface area contributed by atoms with Crippen LogP contribution in [0.3, 0.4) is 0 Å². The lowest BCUT2D eigenvalue weighted by Gasteiger charge is -2.30. The highest BCUT2D eigenvalue weighted by molar-refractivity contribution is 5.81. The molecule has 3 aliphatic heterocycles. The fraction of sp³-hybridized carbons (Fsp3) is 0.652. The Labute approximate surface area is 219 Å². The molecule has 10 nitrogen and oxygen atoms in total. The van der Waals surface area contributed by atoms with Crippen molar-refractivity contribution in [2.45, 2.75) is 62.8 Å². The number of ether oxygens (including phenoxy) is 2. The number of amides is 1. The van der Waals surface area contributed by atoms with Gasteiger partial charge in [-0.25, -0.2) is 9.59 Å². The molecule has 1 amide bonds. The number of hydrogen-bond acceptors (Lipinski definition) is 7. The number of rotatable bonds is 5. The Morgan fingerprint density at radius 3 is 2.13 bits per heavy atom. The summed E-state index contributed by atoms with van der Waals surface area (Å²) in [5.41, 5.74) is 1.01. The molecule has 1 aromatic rings. The van der Waals surface area contributed by atoms with Crippen LogP contribution in [0.5, 0.6) is 0 Å². The van der Waals surface area contributed by atoms with E-state index in [0.29, 0.717) is 12.6 Å². The van der Waals surface area contributed by atoms with Crippen LogP contribution in [0.25, 0.3) is 0 Å². The lowest BCUT2D eigenvalue weighted by atomic mass is 9.99. The van der Waals surface area contributed by atoms with Crippen LogP contribution in [0.1, 0.15) is 31.2 Å². The molecule has 16 heteroatoms. The van der Waals surface area contributed by atoms with Gasteiger partial charge in [-0.2, -0.15) is 26.3 Å². The predicted octanol–water partition coefficient (Wildman–Crippen LogP) is 2.62. The van der Waals surface area contributed by atoms with Crippen LogP contribution in [-0.4, -0.2) is 94.8 Å². The van der Waals surface area contributed by atoms with E-state index in [1.165, 1.54) is 0 Å². The van der Waals surface area contributed by atoms with Gasteiger partial charge in [0, 0.05) is 57.7 Å². The molecule has 3 N–H and O–H groups in total. The Morgan fingerprint density at radius 2 is 1.62 bits per heavy atom. The van der Waals surface area contributed by atoms with Crippen LogP contribution >= 0.6 is 0 Å². The summed E-state index contributed by atoms with van der Waals surface area (Å²) in [5.74, 6) is -4.78. The molecule has 0 saturated carbocycles. The van der Waals surface area contributed by atoms with E-state index in [9.17, 15) is 31.1 Å². The SMILES string of the molecule is O=C(NCc1cccnc1)[C@@H]1C[C@H]2[C@H](CCN2CC2CCOCC2)O1.O=C(O)C(F)(F)F.O=C(O)C(F)(F)F. The first kappa shape index (κ1) is 32.2. The standard InChI is InChI=1S/C19H27N3O3.2C2HF3O2/c23-19(21-12-15-2-1-6-20-11-15)18-10-16-17(25-18)3-7-22(16)13-14-4-8-24-9-5-14;2*3-2(4,5)1(6)7/h1-2,6,11,14,16-18H,3-5,7-10,12-13H2,(H,21,23);2*(H,6,7)/t16-,17-,18-;;/m0../s1. The number of aliphatic carboxylic acids is 2. The van der Waals surface area contributed by atoms with E-state index in [1.807, 2.05) is 12.1 Å². The van der Waals surface area contributed by atoms with E-state index in [-0.39, 0.29) is 18.1 Å². The highest BCUT2D eigenvalue weighted by Gasteiger charge is 2.46. The van der Waals surface area contributed by atoms with Gasteiger partial charge in [-0.05, 0) is 36.8 Å². The second-order valence-corrected chi connectivity index (χ2v) is 8.99. The van der Waals surface area contributed by atoms with Crippen molar-refractivity contribution >= 4 is 17.8 Å². The summed E-state index contributed by atoms with van der Waals surface area (Å²) in [7, 11) is 0. The normalized spacial score (nSPS) is 23.5. The number of hydrogen-bond donors (Lipinski definition) is 3. The summed E-state index contributed by atoms with van der Waals surface area (Å²) in [6.45, 7) is 4.51. The molecule has 1 aromatic heterocycles. The lowest BCUT2D eigenvalue weighted by Crippen LogP contribution is -2.39. The number of fused-ring (bicyclic) bond motifs is 1. The summed E-state index contributed by atoms with van der Waals surface area (Å²) in [5, 5.41) is 17.2. The van der Waals surface area contributed by atoms with Gasteiger partial charge >= 0.3 is 24.3 Å². The van der Waals surface area contributed by atoms with E-state index >= 15 is 0 Å². The third-order valence-corrected chi connectivity index (χ3v) is 6.19. The molecule has 3 saturated heterocycles. The summed E-state index contributed by atoms with van der Waals surface area (Å²) < 4.78 is 75.0. The van der Waals surface area contributed by atoms with Gasteiger partial charge in [-0.15, -0.1) is 0 Å². The first-order valence-corrected chi connectivity index (χ1v) is 11.9. The molecule has 0 aromatic carbocycles. The first-order chi connectivity index (χ1) is 18.2. The van der Waals surface area contributed by atoms with E-state index in [2.05, 4.69) is 15.2 Å². The summed E-state index contributed by atoms with van der Waals surface area (Å²) >= 11 is 0. The van der Waals surface area contributed by atoms with Crippen molar-refractivity contribution < 1.29 is 60.4 Å². The third-order valence-electron chi connectivity index (χ3n) is 6.19. The number of aromatic nitrogens is 1. The molecular formula is C23H29F6N3O7. The molecule has 0 aliphatic carbocycles. The van der Waals surface area contributed by atoms with Crippen LogP contribution in [0, 0.1) is 5.92 Å². The van der Waals surface area contributed by atoms with Crippen molar-refractivity contribution in [1.82, 2.24) is 15.2 Å². The van der Waals surface area contributed by atoms with Gasteiger partial charge in [0.2, 0.25) is 5.91 Å². The molecule has 3 fully saturated rings. The van der Waals surface area contributed by atoms with Crippen LogP contribution in [0.15, 0.2) is 24.5 Å².